The number of piperazine rings is 1. The molecular weight excluding hydrogens is 313 g/mol. The lowest BCUT2D eigenvalue weighted by molar-refractivity contribution is 0.0229. The molecular formula is C16H18FN5S. The number of hydrogen-bond acceptors (Lipinski definition) is 6. The molecule has 0 radical (unpaired) electrons. The van der Waals surface area contributed by atoms with Crippen LogP contribution in [0.1, 0.15) is 5.56 Å². The lowest BCUT2D eigenvalue weighted by Gasteiger charge is -2.39. The summed E-state index contributed by atoms with van der Waals surface area (Å²) in [7, 11) is 0. The smallest absolute Gasteiger partial charge is 0.212 e. The third kappa shape index (κ3) is 2.83. The van der Waals surface area contributed by atoms with Gasteiger partial charge in [-0.2, -0.15) is 0 Å². The molecule has 3 N–H and O–H groups in total. The first-order valence-electron chi connectivity index (χ1n) is 7.66. The van der Waals surface area contributed by atoms with Gasteiger partial charge in [-0.25, -0.2) is 14.4 Å². The van der Waals surface area contributed by atoms with Gasteiger partial charge in [0, 0.05) is 36.6 Å². The molecule has 0 bridgehead atoms. The number of nitrogens with two attached hydrogens (primary N) is 1. The number of halogens is 1. The highest BCUT2D eigenvalue weighted by molar-refractivity contribution is 7.19. The number of hydrazine groups is 1. The Morgan fingerprint density at radius 1 is 1.17 bits per heavy atom. The summed E-state index contributed by atoms with van der Waals surface area (Å²) in [5, 5.41) is 8.60. The number of nitrogens with zero attached hydrogens (tertiary/aromatic N) is 3. The van der Waals surface area contributed by atoms with Crippen molar-refractivity contribution in [3.05, 3.63) is 41.7 Å². The number of rotatable bonds is 2. The number of fused-ring (bicyclic) bond motifs is 1. The number of guanidine groups is 1. The van der Waals surface area contributed by atoms with Crippen molar-refractivity contribution < 1.29 is 4.39 Å². The minimum atomic E-state index is -0.220. The van der Waals surface area contributed by atoms with Gasteiger partial charge in [-0.3, -0.25) is 5.01 Å². The van der Waals surface area contributed by atoms with Gasteiger partial charge in [0.2, 0.25) is 5.96 Å². The maximum Gasteiger partial charge on any atom is 0.212 e. The van der Waals surface area contributed by atoms with Crippen LogP contribution in [0.5, 0.6) is 0 Å². The number of thiophene rings is 1. The summed E-state index contributed by atoms with van der Waals surface area (Å²) in [5.41, 5.74) is 8.34. The highest BCUT2D eigenvalue weighted by Crippen LogP contribution is 2.40. The summed E-state index contributed by atoms with van der Waals surface area (Å²) < 4.78 is 13.1. The van der Waals surface area contributed by atoms with Crippen LogP contribution < -0.4 is 11.1 Å². The summed E-state index contributed by atoms with van der Waals surface area (Å²) in [6.45, 7) is 4.52. The Hall–Kier alpha value is -1.96. The van der Waals surface area contributed by atoms with E-state index in [1.54, 1.807) is 23.5 Å². The average molecular weight is 331 g/mol. The van der Waals surface area contributed by atoms with Crippen LogP contribution in [0.4, 0.5) is 9.39 Å². The molecule has 7 heteroatoms. The normalized spacial score (nSPS) is 18.7. The largest absolute Gasteiger partial charge is 0.368 e. The van der Waals surface area contributed by atoms with Crippen molar-refractivity contribution in [2.45, 2.75) is 6.54 Å². The number of benzene rings is 1. The molecule has 2 aliphatic rings. The van der Waals surface area contributed by atoms with Gasteiger partial charge in [0.1, 0.15) is 10.8 Å². The predicted octanol–water partition coefficient (Wildman–Crippen LogP) is 2.14. The van der Waals surface area contributed by atoms with Crippen LogP contribution in [0, 0.1) is 5.82 Å². The third-order valence-corrected chi connectivity index (χ3v) is 5.27. The minimum absolute atomic E-state index is 0.220. The van der Waals surface area contributed by atoms with Gasteiger partial charge in [0.25, 0.3) is 0 Å². The topological polar surface area (TPSA) is 56.9 Å². The van der Waals surface area contributed by atoms with Gasteiger partial charge >= 0.3 is 0 Å². The number of nitrogens with one attached hydrogen (secondary N) is 1. The Labute approximate surface area is 138 Å². The van der Waals surface area contributed by atoms with Gasteiger partial charge in [0.15, 0.2) is 0 Å². The van der Waals surface area contributed by atoms with Crippen LogP contribution in [-0.2, 0) is 6.54 Å². The van der Waals surface area contributed by atoms with Crippen LogP contribution in [0.3, 0.4) is 0 Å². The summed E-state index contributed by atoms with van der Waals surface area (Å²) >= 11 is 1.60. The van der Waals surface area contributed by atoms with Crippen molar-refractivity contribution in [2.75, 3.05) is 26.2 Å². The van der Waals surface area contributed by atoms with Crippen molar-refractivity contribution in [3.8, 4) is 10.4 Å². The van der Waals surface area contributed by atoms with E-state index < -0.39 is 0 Å². The molecule has 120 valence electrons. The highest BCUT2D eigenvalue weighted by Gasteiger charge is 2.26. The van der Waals surface area contributed by atoms with E-state index in [1.165, 1.54) is 17.7 Å². The fraction of sp³-hybridized carbons (Fsp3) is 0.312. The van der Waals surface area contributed by atoms with Crippen molar-refractivity contribution in [1.29, 1.82) is 0 Å². The summed E-state index contributed by atoms with van der Waals surface area (Å²) in [6, 6.07) is 8.71. The molecule has 1 aromatic carbocycles. The van der Waals surface area contributed by atoms with E-state index in [1.807, 2.05) is 0 Å². The van der Waals surface area contributed by atoms with E-state index >= 15 is 0 Å². The summed E-state index contributed by atoms with van der Waals surface area (Å²) in [4.78, 5) is 5.66. The van der Waals surface area contributed by atoms with Crippen LogP contribution in [0.2, 0.25) is 0 Å². The first kappa shape index (κ1) is 14.6. The fourth-order valence-electron chi connectivity index (χ4n) is 2.93. The average Bonchev–Trinajstić information content (AvgIpc) is 2.98. The van der Waals surface area contributed by atoms with Crippen LogP contribution in [-0.4, -0.2) is 42.2 Å². The summed E-state index contributed by atoms with van der Waals surface area (Å²) in [6.07, 6.45) is 0. The second-order valence-corrected chi connectivity index (χ2v) is 6.71. The molecule has 2 aliphatic heterocycles. The Morgan fingerprint density at radius 2 is 1.91 bits per heavy atom. The zero-order chi connectivity index (χ0) is 15.8. The molecule has 0 spiro atoms. The van der Waals surface area contributed by atoms with Crippen molar-refractivity contribution in [2.24, 2.45) is 10.7 Å². The Balaban J connectivity index is 1.61. The fourth-order valence-corrected chi connectivity index (χ4v) is 3.98. The van der Waals surface area contributed by atoms with E-state index in [2.05, 4.69) is 26.4 Å². The minimum Gasteiger partial charge on any atom is -0.368 e. The molecule has 0 atom stereocenters. The maximum atomic E-state index is 13.1. The van der Waals surface area contributed by atoms with Crippen LogP contribution >= 0.6 is 11.3 Å². The molecule has 1 saturated heterocycles. The molecule has 4 rings (SSSR count). The van der Waals surface area contributed by atoms with Gasteiger partial charge in [0.05, 0.1) is 6.54 Å². The third-order valence-electron chi connectivity index (χ3n) is 4.15. The zero-order valence-corrected chi connectivity index (χ0v) is 13.4. The quantitative estimate of drug-likeness (QED) is 0.885. The van der Waals surface area contributed by atoms with Crippen molar-refractivity contribution in [3.63, 3.8) is 0 Å². The lowest BCUT2D eigenvalue weighted by Crippen LogP contribution is -2.56. The summed E-state index contributed by atoms with van der Waals surface area (Å²) in [5.74, 6) is 0.328. The molecule has 5 nitrogen and oxygen atoms in total. The molecule has 0 amide bonds. The Morgan fingerprint density at radius 3 is 2.65 bits per heavy atom. The molecule has 1 aromatic heterocycles. The van der Waals surface area contributed by atoms with Crippen LogP contribution in [0.25, 0.3) is 10.4 Å². The molecule has 3 heterocycles. The zero-order valence-electron chi connectivity index (χ0n) is 12.6. The van der Waals surface area contributed by atoms with Gasteiger partial charge in [-0.1, -0.05) is 12.1 Å². The first-order valence-corrected chi connectivity index (χ1v) is 8.48. The second kappa shape index (κ2) is 5.92. The van der Waals surface area contributed by atoms with Crippen molar-refractivity contribution >= 4 is 22.3 Å². The standard InChI is InChI=1S/C16H18FN5S/c17-13-3-1-11(2-4-13)14-9-12-10-22(16(18)20-15(12)23-14)21-7-5-19-6-8-21/h1-4,9,19H,5-8,10H2,(H2,18,20). The first-order chi connectivity index (χ1) is 11.2. The predicted molar refractivity (Wildman–Crippen MR) is 91.0 cm³/mol. The van der Waals surface area contributed by atoms with Gasteiger partial charge in [-0.15, -0.1) is 11.3 Å². The number of aliphatic imine (C=N–C) groups is 1. The maximum absolute atomic E-state index is 13.1. The Bertz CT molecular complexity index is 733. The van der Waals surface area contributed by atoms with E-state index in [0.717, 1.165) is 48.2 Å². The highest BCUT2D eigenvalue weighted by atomic mass is 32.1. The molecule has 2 aromatic rings. The van der Waals surface area contributed by atoms with Crippen LogP contribution in [0.15, 0.2) is 35.3 Å². The molecule has 23 heavy (non-hydrogen) atoms. The van der Waals surface area contributed by atoms with E-state index in [-0.39, 0.29) is 5.82 Å². The monoisotopic (exact) mass is 331 g/mol. The molecule has 1 fully saturated rings. The Kier molecular flexibility index (Phi) is 3.76. The van der Waals surface area contributed by atoms with Gasteiger partial charge in [-0.05, 0) is 23.8 Å². The molecule has 0 saturated carbocycles. The second-order valence-electron chi connectivity index (χ2n) is 5.68. The lowest BCUT2D eigenvalue weighted by atomic mass is 10.1. The SMILES string of the molecule is NC1=Nc2sc(-c3ccc(F)cc3)cc2CN1N1CCNCC1. The number of hydrogen-bond donors (Lipinski definition) is 2. The van der Waals surface area contributed by atoms with Gasteiger partial charge < -0.3 is 11.1 Å². The van der Waals surface area contributed by atoms with E-state index in [4.69, 9.17) is 5.73 Å². The molecule has 0 aliphatic carbocycles. The van der Waals surface area contributed by atoms with Crippen molar-refractivity contribution in [1.82, 2.24) is 15.3 Å². The van der Waals surface area contributed by atoms with E-state index in [9.17, 15) is 4.39 Å². The van der Waals surface area contributed by atoms with E-state index in [0.29, 0.717) is 5.96 Å². The molecule has 0 unspecified atom stereocenters.